The molecule has 2 heterocycles. The number of nitrogens with one attached hydrogen (secondary N) is 2. The van der Waals surface area contributed by atoms with Crippen LogP contribution < -0.4 is 9.46 Å². The van der Waals surface area contributed by atoms with E-state index in [2.05, 4.69) is 30.8 Å². The fourth-order valence-corrected chi connectivity index (χ4v) is 3.86. The molecule has 0 unspecified atom stereocenters. The van der Waals surface area contributed by atoms with Gasteiger partial charge in [0, 0.05) is 22.7 Å². The molecule has 0 fully saturated rings. The number of benzene rings is 1. The number of aromatic nitrogens is 2. The third-order valence-electron chi connectivity index (χ3n) is 2.75. The molecule has 100 valence electrons. The van der Waals surface area contributed by atoms with E-state index in [-0.39, 0.29) is 4.90 Å². The van der Waals surface area contributed by atoms with Gasteiger partial charge in [0.2, 0.25) is 0 Å². The second kappa shape index (κ2) is 4.53. The Labute approximate surface area is 118 Å². The molecule has 1 aromatic carbocycles. The van der Waals surface area contributed by atoms with E-state index in [1.54, 1.807) is 0 Å². The summed E-state index contributed by atoms with van der Waals surface area (Å²) in [5.74, 6) is 0.430. The van der Waals surface area contributed by atoms with Crippen LogP contribution in [0.1, 0.15) is 5.56 Å². The number of hydrogen-bond acceptors (Lipinski definition) is 4. The van der Waals surface area contributed by atoms with E-state index in [9.17, 15) is 8.42 Å². The summed E-state index contributed by atoms with van der Waals surface area (Å²) < 4.78 is 33.3. The molecule has 0 bridgehead atoms. The van der Waals surface area contributed by atoms with E-state index in [0.29, 0.717) is 28.9 Å². The van der Waals surface area contributed by atoms with Gasteiger partial charge in [-0.3, -0.25) is 9.82 Å². The van der Waals surface area contributed by atoms with Gasteiger partial charge in [-0.2, -0.15) is 5.10 Å². The Kier molecular flexibility index (Phi) is 2.98. The van der Waals surface area contributed by atoms with Crippen molar-refractivity contribution in [3.63, 3.8) is 0 Å². The number of H-pyrrole nitrogens is 1. The van der Waals surface area contributed by atoms with Crippen molar-refractivity contribution in [1.82, 2.24) is 10.2 Å². The van der Waals surface area contributed by atoms with E-state index in [1.807, 2.05) is 6.07 Å². The van der Waals surface area contributed by atoms with Crippen LogP contribution in [0.5, 0.6) is 5.75 Å². The summed E-state index contributed by atoms with van der Waals surface area (Å²) in [6.45, 7) is 0.500. The molecule has 3 rings (SSSR count). The second-order valence-electron chi connectivity index (χ2n) is 4.08. The van der Waals surface area contributed by atoms with E-state index in [1.165, 1.54) is 18.5 Å². The van der Waals surface area contributed by atoms with Crippen molar-refractivity contribution < 1.29 is 13.2 Å². The molecule has 0 radical (unpaired) electrons. The maximum absolute atomic E-state index is 12.4. The van der Waals surface area contributed by atoms with Gasteiger partial charge in [-0.1, -0.05) is 15.9 Å². The van der Waals surface area contributed by atoms with Crippen LogP contribution in [-0.4, -0.2) is 25.2 Å². The van der Waals surface area contributed by atoms with Gasteiger partial charge in [-0.15, -0.1) is 0 Å². The van der Waals surface area contributed by atoms with E-state index >= 15 is 0 Å². The smallest absolute Gasteiger partial charge is 0.265 e. The lowest BCUT2D eigenvalue weighted by Crippen LogP contribution is -2.13. The first kappa shape index (κ1) is 12.5. The zero-order chi connectivity index (χ0) is 13.5. The molecule has 0 amide bonds. The first-order chi connectivity index (χ1) is 9.06. The van der Waals surface area contributed by atoms with Crippen molar-refractivity contribution >= 4 is 31.6 Å². The molecular weight excluding hydrogens is 334 g/mol. The lowest BCUT2D eigenvalue weighted by Gasteiger charge is -2.10. The van der Waals surface area contributed by atoms with Crippen molar-refractivity contribution in [1.29, 1.82) is 0 Å². The highest BCUT2D eigenvalue weighted by Crippen LogP contribution is 2.36. The van der Waals surface area contributed by atoms with Gasteiger partial charge in [0.25, 0.3) is 10.0 Å². The van der Waals surface area contributed by atoms with Crippen molar-refractivity contribution in [3.8, 4) is 5.75 Å². The normalized spacial score (nSPS) is 13.9. The number of anilines is 1. The van der Waals surface area contributed by atoms with Crippen molar-refractivity contribution in [2.75, 3.05) is 11.3 Å². The molecule has 6 nitrogen and oxygen atoms in total. The van der Waals surface area contributed by atoms with Crippen molar-refractivity contribution in [3.05, 3.63) is 34.6 Å². The molecule has 2 N–H and O–H groups in total. The molecular formula is C11H10BrN3O3S. The highest BCUT2D eigenvalue weighted by Gasteiger charge is 2.26. The van der Waals surface area contributed by atoms with E-state index < -0.39 is 10.0 Å². The van der Waals surface area contributed by atoms with Gasteiger partial charge in [0.1, 0.15) is 10.6 Å². The standard InChI is InChI=1S/C11H10BrN3O3S/c12-8-3-7-1-2-18-11(7)10(4-8)19(16,17)15-9-5-13-14-6-9/h3-6,15H,1-2H2,(H,13,14). The van der Waals surface area contributed by atoms with Crippen LogP contribution in [0.25, 0.3) is 0 Å². The lowest BCUT2D eigenvalue weighted by atomic mass is 10.2. The molecule has 1 aromatic heterocycles. The van der Waals surface area contributed by atoms with Gasteiger partial charge in [0.05, 0.1) is 18.5 Å². The number of halogens is 1. The minimum Gasteiger partial charge on any atom is -0.492 e. The zero-order valence-corrected chi connectivity index (χ0v) is 12.1. The molecule has 1 aliphatic heterocycles. The van der Waals surface area contributed by atoms with Gasteiger partial charge in [0.15, 0.2) is 0 Å². The van der Waals surface area contributed by atoms with Crippen LogP contribution in [0.15, 0.2) is 33.9 Å². The topological polar surface area (TPSA) is 84.1 Å². The third-order valence-corrected chi connectivity index (χ3v) is 4.60. The lowest BCUT2D eigenvalue weighted by molar-refractivity contribution is 0.348. The molecule has 0 spiro atoms. The van der Waals surface area contributed by atoms with Gasteiger partial charge in [-0.05, 0) is 12.1 Å². The van der Waals surface area contributed by atoms with Crippen LogP contribution in [0.3, 0.4) is 0 Å². The Balaban J connectivity index is 2.06. The first-order valence-corrected chi connectivity index (χ1v) is 7.81. The number of sulfonamides is 1. The molecule has 1 aliphatic rings. The summed E-state index contributed by atoms with van der Waals surface area (Å²) in [6, 6.07) is 3.41. The number of ether oxygens (including phenoxy) is 1. The number of nitrogens with zero attached hydrogens (tertiary/aromatic N) is 1. The maximum atomic E-state index is 12.4. The van der Waals surface area contributed by atoms with Crippen LogP contribution in [-0.2, 0) is 16.4 Å². The number of fused-ring (bicyclic) bond motifs is 1. The van der Waals surface area contributed by atoms with Gasteiger partial charge < -0.3 is 4.74 Å². The quantitative estimate of drug-likeness (QED) is 0.891. The Morgan fingerprint density at radius 1 is 1.42 bits per heavy atom. The molecule has 0 aliphatic carbocycles. The van der Waals surface area contributed by atoms with Gasteiger partial charge in [-0.25, -0.2) is 8.42 Å². The van der Waals surface area contributed by atoms with Crippen LogP contribution in [0.4, 0.5) is 5.69 Å². The predicted octanol–water partition coefficient (Wildman–Crippen LogP) is 1.91. The van der Waals surface area contributed by atoms with Crippen LogP contribution in [0, 0.1) is 0 Å². The Morgan fingerprint density at radius 3 is 3.00 bits per heavy atom. The largest absolute Gasteiger partial charge is 0.492 e. The number of aromatic amines is 1. The summed E-state index contributed by atoms with van der Waals surface area (Å²) in [6.07, 6.45) is 3.58. The third kappa shape index (κ3) is 2.33. The highest BCUT2D eigenvalue weighted by atomic mass is 79.9. The van der Waals surface area contributed by atoms with Crippen LogP contribution in [0.2, 0.25) is 0 Å². The summed E-state index contributed by atoms with van der Waals surface area (Å²) >= 11 is 3.32. The minimum atomic E-state index is -3.70. The van der Waals surface area contributed by atoms with Crippen molar-refractivity contribution in [2.45, 2.75) is 11.3 Å². The average molecular weight is 344 g/mol. The Bertz CT molecular complexity index is 713. The Morgan fingerprint density at radius 2 is 2.26 bits per heavy atom. The summed E-state index contributed by atoms with van der Waals surface area (Å²) in [5, 5.41) is 6.25. The number of hydrogen-bond donors (Lipinski definition) is 2. The van der Waals surface area contributed by atoms with Gasteiger partial charge >= 0.3 is 0 Å². The minimum absolute atomic E-state index is 0.135. The predicted molar refractivity (Wildman–Crippen MR) is 72.7 cm³/mol. The van der Waals surface area contributed by atoms with E-state index in [0.717, 1.165) is 5.56 Å². The molecule has 0 saturated carbocycles. The summed E-state index contributed by atoms with van der Waals surface area (Å²) in [4.78, 5) is 0.135. The molecule has 8 heteroatoms. The Hall–Kier alpha value is -1.54. The number of rotatable bonds is 3. The zero-order valence-electron chi connectivity index (χ0n) is 9.68. The van der Waals surface area contributed by atoms with Crippen molar-refractivity contribution in [2.24, 2.45) is 0 Å². The van der Waals surface area contributed by atoms with Crippen LogP contribution >= 0.6 is 15.9 Å². The van der Waals surface area contributed by atoms with E-state index in [4.69, 9.17) is 4.74 Å². The SMILES string of the molecule is O=S(=O)(Nc1cn[nH]c1)c1cc(Br)cc2c1OCC2. The highest BCUT2D eigenvalue weighted by molar-refractivity contribution is 9.10. The molecule has 19 heavy (non-hydrogen) atoms. The summed E-state index contributed by atoms with van der Waals surface area (Å²) in [7, 11) is -3.70. The second-order valence-corrected chi connectivity index (χ2v) is 6.65. The fourth-order valence-electron chi connectivity index (χ4n) is 1.95. The fraction of sp³-hybridized carbons (Fsp3) is 0.182. The molecule has 0 atom stereocenters. The molecule has 2 aromatic rings. The first-order valence-electron chi connectivity index (χ1n) is 5.53. The maximum Gasteiger partial charge on any atom is 0.265 e. The summed E-state index contributed by atoms with van der Waals surface area (Å²) in [5.41, 5.74) is 1.27. The average Bonchev–Trinajstić information content (AvgIpc) is 2.97. The molecule has 0 saturated heterocycles. The monoisotopic (exact) mass is 343 g/mol.